The van der Waals surface area contributed by atoms with Crippen LogP contribution in [0.4, 0.5) is 0 Å². The molecule has 0 unspecified atom stereocenters. The van der Waals surface area contributed by atoms with Crippen LogP contribution in [0, 0.1) is 13.8 Å². The van der Waals surface area contributed by atoms with Gasteiger partial charge in [0.2, 0.25) is 5.78 Å². The fourth-order valence-electron chi connectivity index (χ4n) is 3.28. The third-order valence-corrected chi connectivity index (χ3v) is 5.02. The molecule has 5 nitrogen and oxygen atoms in total. The second kappa shape index (κ2) is 7.87. The molecular formula is C25H20O5. The molecule has 3 aromatic carbocycles. The van der Waals surface area contributed by atoms with Crippen LogP contribution < -0.4 is 14.2 Å². The summed E-state index contributed by atoms with van der Waals surface area (Å²) in [4.78, 5) is 25.3. The summed E-state index contributed by atoms with van der Waals surface area (Å²) < 4.78 is 16.6. The van der Waals surface area contributed by atoms with E-state index in [2.05, 4.69) is 0 Å². The maximum atomic E-state index is 12.8. The molecule has 1 aliphatic rings. The number of ether oxygens (including phenoxy) is 3. The fourth-order valence-corrected chi connectivity index (χ4v) is 3.28. The molecule has 3 aromatic rings. The molecule has 0 radical (unpaired) electrons. The van der Waals surface area contributed by atoms with E-state index < -0.39 is 5.97 Å². The quantitative estimate of drug-likeness (QED) is 0.344. The lowest BCUT2D eigenvalue weighted by Gasteiger charge is -2.10. The van der Waals surface area contributed by atoms with E-state index in [1.54, 1.807) is 49.4 Å². The maximum absolute atomic E-state index is 12.8. The third kappa shape index (κ3) is 3.57. The number of allylic oxidation sites excluding steroid dienone is 1. The Bertz CT molecular complexity index is 1190. The lowest BCUT2D eigenvalue weighted by Crippen LogP contribution is -2.09. The first-order valence-electron chi connectivity index (χ1n) is 9.47. The van der Waals surface area contributed by atoms with Crippen molar-refractivity contribution < 1.29 is 23.8 Å². The number of hydrogen-bond donors (Lipinski definition) is 0. The number of benzene rings is 3. The number of hydrogen-bond acceptors (Lipinski definition) is 5. The van der Waals surface area contributed by atoms with Gasteiger partial charge >= 0.3 is 5.97 Å². The van der Waals surface area contributed by atoms with Crippen molar-refractivity contribution in [2.75, 3.05) is 7.11 Å². The van der Waals surface area contributed by atoms with Crippen molar-refractivity contribution in [1.82, 2.24) is 0 Å². The summed E-state index contributed by atoms with van der Waals surface area (Å²) >= 11 is 0. The number of Topliss-reactive ketones (excluding diaryl/α,β-unsaturated/α-hetero) is 1. The minimum atomic E-state index is -0.517. The number of rotatable bonds is 4. The zero-order valence-corrected chi connectivity index (χ0v) is 16.9. The Morgan fingerprint density at radius 3 is 2.57 bits per heavy atom. The zero-order chi connectivity index (χ0) is 21.3. The number of fused-ring (bicyclic) bond motifs is 1. The van der Waals surface area contributed by atoms with Crippen molar-refractivity contribution in [3.8, 4) is 17.2 Å². The molecule has 30 heavy (non-hydrogen) atoms. The molecule has 1 aliphatic heterocycles. The first kappa shape index (κ1) is 19.5. The second-order valence-electron chi connectivity index (χ2n) is 6.98. The van der Waals surface area contributed by atoms with Crippen LogP contribution in [-0.4, -0.2) is 18.9 Å². The SMILES string of the molecule is COc1cccc(C(=O)Oc2ccc3c(c2C)O/C(=C\c2ccccc2C)C3=O)c1. The Morgan fingerprint density at radius 2 is 1.80 bits per heavy atom. The predicted molar refractivity (Wildman–Crippen MR) is 113 cm³/mol. The van der Waals surface area contributed by atoms with E-state index >= 15 is 0 Å². The normalized spacial score (nSPS) is 13.7. The molecule has 0 bridgehead atoms. The minimum Gasteiger partial charge on any atom is -0.497 e. The number of ketones is 1. The lowest BCUT2D eigenvalue weighted by molar-refractivity contribution is 0.0732. The highest BCUT2D eigenvalue weighted by atomic mass is 16.5. The molecule has 0 aliphatic carbocycles. The van der Waals surface area contributed by atoms with Crippen LogP contribution in [0.15, 0.2) is 66.4 Å². The first-order chi connectivity index (χ1) is 14.5. The topological polar surface area (TPSA) is 61.8 Å². The van der Waals surface area contributed by atoms with E-state index in [9.17, 15) is 9.59 Å². The summed E-state index contributed by atoms with van der Waals surface area (Å²) in [6.45, 7) is 3.73. The van der Waals surface area contributed by atoms with Crippen LogP contribution >= 0.6 is 0 Å². The highest BCUT2D eigenvalue weighted by molar-refractivity contribution is 6.15. The number of methoxy groups -OCH3 is 1. The molecule has 0 aromatic heterocycles. The molecule has 5 heteroatoms. The zero-order valence-electron chi connectivity index (χ0n) is 16.9. The van der Waals surface area contributed by atoms with Gasteiger partial charge in [0.1, 0.15) is 17.2 Å². The van der Waals surface area contributed by atoms with Gasteiger partial charge in [0, 0.05) is 5.56 Å². The molecule has 0 amide bonds. The van der Waals surface area contributed by atoms with Gasteiger partial charge < -0.3 is 14.2 Å². The Hall–Kier alpha value is -3.86. The molecule has 150 valence electrons. The Morgan fingerprint density at radius 1 is 1.00 bits per heavy atom. The van der Waals surface area contributed by atoms with Crippen molar-refractivity contribution in [3.63, 3.8) is 0 Å². The first-order valence-corrected chi connectivity index (χ1v) is 9.47. The van der Waals surface area contributed by atoms with Crippen molar-refractivity contribution in [2.45, 2.75) is 13.8 Å². The van der Waals surface area contributed by atoms with E-state index in [0.717, 1.165) is 11.1 Å². The monoisotopic (exact) mass is 400 g/mol. The molecule has 0 spiro atoms. The smallest absolute Gasteiger partial charge is 0.343 e. The summed E-state index contributed by atoms with van der Waals surface area (Å²) in [5.41, 5.74) is 3.36. The predicted octanol–water partition coefficient (Wildman–Crippen LogP) is 5.15. The summed E-state index contributed by atoms with van der Waals surface area (Å²) in [6, 6.07) is 17.7. The fraction of sp³-hybridized carbons (Fsp3) is 0.120. The molecule has 0 atom stereocenters. The third-order valence-electron chi connectivity index (χ3n) is 5.02. The average molecular weight is 400 g/mol. The highest BCUT2D eigenvalue weighted by Crippen LogP contribution is 2.39. The Kier molecular flexibility index (Phi) is 5.11. The molecule has 0 fully saturated rings. The summed E-state index contributed by atoms with van der Waals surface area (Å²) in [7, 11) is 1.53. The van der Waals surface area contributed by atoms with Crippen LogP contribution in [0.3, 0.4) is 0 Å². The van der Waals surface area contributed by atoms with Gasteiger partial charge in [0.05, 0.1) is 18.2 Å². The highest BCUT2D eigenvalue weighted by Gasteiger charge is 2.30. The molecule has 0 saturated carbocycles. The summed E-state index contributed by atoms with van der Waals surface area (Å²) in [6.07, 6.45) is 1.74. The van der Waals surface area contributed by atoms with Gasteiger partial charge in [-0.3, -0.25) is 4.79 Å². The largest absolute Gasteiger partial charge is 0.497 e. The Labute approximate surface area is 174 Å². The Balaban J connectivity index is 1.62. The van der Waals surface area contributed by atoms with E-state index in [-0.39, 0.29) is 11.5 Å². The van der Waals surface area contributed by atoms with Crippen LogP contribution in [-0.2, 0) is 0 Å². The summed E-state index contributed by atoms with van der Waals surface area (Å²) in [5, 5.41) is 0. The maximum Gasteiger partial charge on any atom is 0.343 e. The standard InChI is InChI=1S/C25H20O5/c1-15-7-4-5-8-17(15)14-22-23(26)20-11-12-21(16(2)24(20)29-22)30-25(27)18-9-6-10-19(13-18)28-3/h4-14H,1-3H3/b22-14-. The number of aryl methyl sites for hydroxylation is 1. The number of carbonyl (C=O) groups excluding carboxylic acids is 2. The molecular weight excluding hydrogens is 380 g/mol. The van der Waals surface area contributed by atoms with E-state index in [0.29, 0.717) is 33.9 Å². The van der Waals surface area contributed by atoms with Crippen molar-refractivity contribution in [1.29, 1.82) is 0 Å². The van der Waals surface area contributed by atoms with Gasteiger partial charge in [-0.1, -0.05) is 30.3 Å². The van der Waals surface area contributed by atoms with Gasteiger partial charge in [0.15, 0.2) is 5.76 Å². The number of esters is 1. The molecule has 0 saturated heterocycles. The van der Waals surface area contributed by atoms with E-state index in [1.807, 2.05) is 31.2 Å². The van der Waals surface area contributed by atoms with Crippen molar-refractivity contribution in [2.24, 2.45) is 0 Å². The molecule has 0 N–H and O–H groups in total. The van der Waals surface area contributed by atoms with Crippen LogP contribution in [0.25, 0.3) is 6.08 Å². The van der Waals surface area contributed by atoms with E-state index in [1.165, 1.54) is 7.11 Å². The van der Waals surface area contributed by atoms with Gasteiger partial charge in [-0.15, -0.1) is 0 Å². The second-order valence-corrected chi connectivity index (χ2v) is 6.98. The van der Waals surface area contributed by atoms with Gasteiger partial charge in [-0.25, -0.2) is 4.79 Å². The van der Waals surface area contributed by atoms with Gasteiger partial charge in [-0.2, -0.15) is 0 Å². The number of carbonyl (C=O) groups is 2. The van der Waals surface area contributed by atoms with Gasteiger partial charge in [-0.05, 0) is 61.4 Å². The lowest BCUT2D eigenvalue weighted by atomic mass is 10.0. The van der Waals surface area contributed by atoms with Crippen LogP contribution in [0.5, 0.6) is 17.2 Å². The molecule has 4 rings (SSSR count). The average Bonchev–Trinajstić information content (AvgIpc) is 3.08. The summed E-state index contributed by atoms with van der Waals surface area (Å²) in [5.74, 6) is 0.856. The van der Waals surface area contributed by atoms with Crippen LogP contribution in [0.2, 0.25) is 0 Å². The molecule has 1 heterocycles. The minimum absolute atomic E-state index is 0.193. The van der Waals surface area contributed by atoms with E-state index in [4.69, 9.17) is 14.2 Å². The van der Waals surface area contributed by atoms with Crippen molar-refractivity contribution in [3.05, 3.63) is 94.2 Å². The van der Waals surface area contributed by atoms with Crippen molar-refractivity contribution >= 4 is 17.8 Å². The van der Waals surface area contributed by atoms with Gasteiger partial charge in [0.25, 0.3) is 0 Å². The van der Waals surface area contributed by atoms with Crippen LogP contribution in [0.1, 0.15) is 37.4 Å².